The van der Waals surface area contributed by atoms with Crippen molar-refractivity contribution >= 4 is 11.9 Å². The van der Waals surface area contributed by atoms with Gasteiger partial charge in [0.15, 0.2) is 0 Å². The highest BCUT2D eigenvalue weighted by Crippen LogP contribution is 2.05. The van der Waals surface area contributed by atoms with Gasteiger partial charge in [-0.15, -0.1) is 0 Å². The van der Waals surface area contributed by atoms with Crippen molar-refractivity contribution in [2.75, 3.05) is 6.61 Å². The summed E-state index contributed by atoms with van der Waals surface area (Å²) in [5.41, 5.74) is 0. The number of carbonyl (C=O) groups excluding carboxylic acids is 2. The Bertz CT molecular complexity index is 266. The van der Waals surface area contributed by atoms with Gasteiger partial charge in [0.05, 0.1) is 6.61 Å². The number of hydrogen-bond acceptors (Lipinski definition) is 3. The van der Waals surface area contributed by atoms with Crippen molar-refractivity contribution in [2.45, 2.75) is 84.6 Å². The van der Waals surface area contributed by atoms with Crippen LogP contribution in [0.5, 0.6) is 0 Å². The van der Waals surface area contributed by atoms with Gasteiger partial charge in [-0.25, -0.2) is 4.79 Å². The summed E-state index contributed by atoms with van der Waals surface area (Å²) in [6, 6.07) is 0.0343. The SMILES string of the molecule is CCCCCCOC(=O)C(=O)NC(C)CCCCCC. The smallest absolute Gasteiger partial charge is 0.396 e. The summed E-state index contributed by atoms with van der Waals surface area (Å²) in [7, 11) is 0. The molecule has 0 radical (unpaired) electrons. The molecule has 0 aromatic heterocycles. The zero-order valence-corrected chi connectivity index (χ0v) is 13.4. The van der Waals surface area contributed by atoms with Crippen molar-refractivity contribution < 1.29 is 14.3 Å². The zero-order valence-electron chi connectivity index (χ0n) is 13.4. The van der Waals surface area contributed by atoms with Crippen LogP contribution in [0.25, 0.3) is 0 Å². The zero-order chi connectivity index (χ0) is 15.2. The van der Waals surface area contributed by atoms with Gasteiger partial charge in [0.25, 0.3) is 0 Å². The van der Waals surface area contributed by atoms with Crippen LogP contribution in [0, 0.1) is 0 Å². The van der Waals surface area contributed by atoms with Crippen molar-refractivity contribution in [3.63, 3.8) is 0 Å². The van der Waals surface area contributed by atoms with Gasteiger partial charge >= 0.3 is 11.9 Å². The van der Waals surface area contributed by atoms with Crippen molar-refractivity contribution in [3.8, 4) is 0 Å². The molecule has 0 aliphatic rings. The average molecular weight is 285 g/mol. The Hall–Kier alpha value is -1.06. The third-order valence-electron chi connectivity index (χ3n) is 3.28. The molecule has 0 rings (SSSR count). The summed E-state index contributed by atoms with van der Waals surface area (Å²) in [4.78, 5) is 23.0. The number of rotatable bonds is 11. The lowest BCUT2D eigenvalue weighted by Gasteiger charge is -2.13. The second-order valence-corrected chi connectivity index (χ2v) is 5.42. The predicted molar refractivity (Wildman–Crippen MR) is 81.5 cm³/mol. The fraction of sp³-hybridized carbons (Fsp3) is 0.875. The monoisotopic (exact) mass is 285 g/mol. The highest BCUT2D eigenvalue weighted by molar-refractivity contribution is 6.32. The molecule has 1 amide bonds. The maximum atomic E-state index is 11.6. The van der Waals surface area contributed by atoms with Crippen LogP contribution >= 0.6 is 0 Å². The van der Waals surface area contributed by atoms with Gasteiger partial charge in [-0.05, 0) is 19.8 Å². The van der Waals surface area contributed by atoms with E-state index in [1.807, 2.05) is 6.92 Å². The molecule has 0 fully saturated rings. The molecule has 0 aromatic carbocycles. The molecule has 1 atom stereocenters. The van der Waals surface area contributed by atoms with Crippen LogP contribution in [0.3, 0.4) is 0 Å². The van der Waals surface area contributed by atoms with Crippen LogP contribution in [0.4, 0.5) is 0 Å². The van der Waals surface area contributed by atoms with Gasteiger partial charge in [0.2, 0.25) is 0 Å². The molecule has 1 N–H and O–H groups in total. The minimum atomic E-state index is -0.748. The molecule has 0 bridgehead atoms. The first-order chi connectivity index (χ1) is 9.61. The topological polar surface area (TPSA) is 55.4 Å². The normalized spacial score (nSPS) is 11.9. The first-order valence-corrected chi connectivity index (χ1v) is 8.09. The summed E-state index contributed by atoms with van der Waals surface area (Å²) < 4.78 is 4.94. The van der Waals surface area contributed by atoms with E-state index >= 15 is 0 Å². The highest BCUT2D eigenvalue weighted by atomic mass is 16.5. The van der Waals surface area contributed by atoms with Crippen LogP contribution in [0.2, 0.25) is 0 Å². The van der Waals surface area contributed by atoms with Gasteiger partial charge in [-0.3, -0.25) is 4.79 Å². The number of amides is 1. The first kappa shape index (κ1) is 18.9. The summed E-state index contributed by atoms with van der Waals surface area (Å²) in [6.07, 6.45) is 9.75. The summed E-state index contributed by atoms with van der Waals surface area (Å²) in [6.45, 7) is 6.57. The van der Waals surface area contributed by atoms with Crippen LogP contribution in [0.1, 0.15) is 78.6 Å². The molecule has 0 saturated heterocycles. The van der Waals surface area contributed by atoms with E-state index in [-0.39, 0.29) is 6.04 Å². The Balaban J connectivity index is 3.64. The van der Waals surface area contributed by atoms with Crippen molar-refractivity contribution in [3.05, 3.63) is 0 Å². The third-order valence-corrected chi connectivity index (χ3v) is 3.28. The lowest BCUT2D eigenvalue weighted by molar-refractivity contribution is -0.155. The molecule has 0 saturated carbocycles. The summed E-state index contributed by atoms with van der Waals surface area (Å²) >= 11 is 0. The molecule has 0 heterocycles. The number of esters is 1. The van der Waals surface area contributed by atoms with Gasteiger partial charge in [0, 0.05) is 6.04 Å². The maximum absolute atomic E-state index is 11.6. The largest absolute Gasteiger partial charge is 0.459 e. The van der Waals surface area contributed by atoms with Gasteiger partial charge < -0.3 is 10.1 Å². The van der Waals surface area contributed by atoms with Gasteiger partial charge in [-0.1, -0.05) is 58.8 Å². The van der Waals surface area contributed by atoms with Gasteiger partial charge in [0.1, 0.15) is 0 Å². The molecular weight excluding hydrogens is 254 g/mol. The standard InChI is InChI=1S/C16H31NO3/c1-4-6-8-10-12-14(3)17-15(18)16(19)20-13-11-9-7-5-2/h14H,4-13H2,1-3H3,(H,17,18). The highest BCUT2D eigenvalue weighted by Gasteiger charge is 2.17. The van der Waals surface area contributed by atoms with E-state index in [0.29, 0.717) is 6.61 Å². The Morgan fingerprint density at radius 2 is 1.55 bits per heavy atom. The Kier molecular flexibility index (Phi) is 12.3. The maximum Gasteiger partial charge on any atom is 0.396 e. The number of ether oxygens (including phenoxy) is 1. The molecule has 118 valence electrons. The van der Waals surface area contributed by atoms with E-state index in [9.17, 15) is 9.59 Å². The quantitative estimate of drug-likeness (QED) is 0.358. The fourth-order valence-electron chi connectivity index (χ4n) is 1.99. The van der Waals surface area contributed by atoms with E-state index in [2.05, 4.69) is 19.2 Å². The van der Waals surface area contributed by atoms with E-state index in [1.54, 1.807) is 0 Å². The van der Waals surface area contributed by atoms with Gasteiger partial charge in [-0.2, -0.15) is 0 Å². The van der Waals surface area contributed by atoms with Crippen LogP contribution < -0.4 is 5.32 Å². The number of unbranched alkanes of at least 4 members (excludes halogenated alkanes) is 6. The molecule has 0 aromatic rings. The molecule has 1 unspecified atom stereocenters. The lowest BCUT2D eigenvalue weighted by Crippen LogP contribution is -2.38. The van der Waals surface area contributed by atoms with Crippen molar-refractivity contribution in [1.82, 2.24) is 5.32 Å². The van der Waals surface area contributed by atoms with Crippen molar-refractivity contribution in [2.24, 2.45) is 0 Å². The summed E-state index contributed by atoms with van der Waals surface area (Å²) in [5.74, 6) is -1.36. The molecule has 0 aliphatic heterocycles. The predicted octanol–water partition coefficient (Wildman–Crippen LogP) is 3.59. The third kappa shape index (κ3) is 10.8. The second kappa shape index (κ2) is 12.9. The molecule has 4 nitrogen and oxygen atoms in total. The number of carbonyl (C=O) groups is 2. The van der Waals surface area contributed by atoms with E-state index in [4.69, 9.17) is 4.74 Å². The van der Waals surface area contributed by atoms with E-state index < -0.39 is 11.9 Å². The van der Waals surface area contributed by atoms with Crippen molar-refractivity contribution in [1.29, 1.82) is 0 Å². The van der Waals surface area contributed by atoms with E-state index in [1.165, 1.54) is 19.3 Å². The molecular formula is C16H31NO3. The van der Waals surface area contributed by atoms with Crippen LogP contribution in [-0.4, -0.2) is 24.5 Å². The van der Waals surface area contributed by atoms with E-state index in [0.717, 1.165) is 38.5 Å². The summed E-state index contributed by atoms with van der Waals surface area (Å²) in [5, 5.41) is 2.70. The Morgan fingerprint density at radius 3 is 2.15 bits per heavy atom. The minimum Gasteiger partial charge on any atom is -0.459 e. The van der Waals surface area contributed by atoms with Crippen LogP contribution in [-0.2, 0) is 14.3 Å². The molecule has 0 spiro atoms. The van der Waals surface area contributed by atoms with Crippen LogP contribution in [0.15, 0.2) is 0 Å². The fourth-order valence-corrected chi connectivity index (χ4v) is 1.99. The number of hydrogen-bond donors (Lipinski definition) is 1. The molecule has 20 heavy (non-hydrogen) atoms. The number of nitrogens with one attached hydrogen (secondary N) is 1. The molecule has 0 aliphatic carbocycles. The average Bonchev–Trinajstić information content (AvgIpc) is 2.43. The minimum absolute atomic E-state index is 0.0343. The Morgan fingerprint density at radius 1 is 0.950 bits per heavy atom. The second-order valence-electron chi connectivity index (χ2n) is 5.42. The Labute approximate surface area is 123 Å². The first-order valence-electron chi connectivity index (χ1n) is 8.09. The molecule has 4 heteroatoms. The lowest BCUT2D eigenvalue weighted by atomic mass is 10.1.